The monoisotopic (exact) mass is 184 g/mol. The SMILES string of the molecule is C/N=C1/C=c2ccccc2=C/C1=C/N. The molecule has 0 radical (unpaired) electrons. The van der Waals surface area contributed by atoms with Gasteiger partial charge in [-0.15, -0.1) is 0 Å². The van der Waals surface area contributed by atoms with Gasteiger partial charge in [-0.05, 0) is 22.6 Å². The van der Waals surface area contributed by atoms with Crippen molar-refractivity contribution < 1.29 is 0 Å². The number of nitrogens with zero attached hydrogens (tertiary/aromatic N) is 1. The molecule has 0 aromatic heterocycles. The molecule has 2 rings (SSSR count). The minimum Gasteiger partial charge on any atom is -0.404 e. The highest BCUT2D eigenvalue weighted by molar-refractivity contribution is 6.25. The van der Waals surface area contributed by atoms with Gasteiger partial charge in [0.2, 0.25) is 0 Å². The average Bonchev–Trinajstić information content (AvgIpc) is 2.27. The molecule has 0 saturated heterocycles. The van der Waals surface area contributed by atoms with Gasteiger partial charge in [0, 0.05) is 18.8 Å². The van der Waals surface area contributed by atoms with E-state index in [1.807, 2.05) is 18.2 Å². The van der Waals surface area contributed by atoms with Gasteiger partial charge in [-0.3, -0.25) is 4.99 Å². The molecule has 0 fully saturated rings. The molecule has 2 N–H and O–H groups in total. The first-order valence-corrected chi connectivity index (χ1v) is 4.52. The first-order valence-electron chi connectivity index (χ1n) is 4.52. The van der Waals surface area contributed by atoms with E-state index in [-0.39, 0.29) is 0 Å². The molecule has 0 heterocycles. The molecule has 0 bridgehead atoms. The smallest absolute Gasteiger partial charge is 0.0663 e. The van der Waals surface area contributed by atoms with Crippen LogP contribution in [0.25, 0.3) is 12.2 Å². The molecule has 2 heteroatoms. The fourth-order valence-corrected chi connectivity index (χ4v) is 1.57. The summed E-state index contributed by atoms with van der Waals surface area (Å²) < 4.78 is 0. The van der Waals surface area contributed by atoms with Gasteiger partial charge in [0.25, 0.3) is 0 Å². The number of hydrogen-bond donors (Lipinski definition) is 1. The Kier molecular flexibility index (Phi) is 2.19. The predicted octanol–water partition coefficient (Wildman–Crippen LogP) is 0.175. The maximum absolute atomic E-state index is 5.53. The molecular formula is C12H12N2. The Morgan fingerprint density at radius 3 is 2.36 bits per heavy atom. The molecule has 1 aromatic carbocycles. The van der Waals surface area contributed by atoms with E-state index in [1.165, 1.54) is 10.4 Å². The second kappa shape index (κ2) is 3.50. The summed E-state index contributed by atoms with van der Waals surface area (Å²) in [6.07, 6.45) is 5.69. The number of hydrogen-bond acceptors (Lipinski definition) is 2. The largest absolute Gasteiger partial charge is 0.404 e. The Morgan fingerprint density at radius 2 is 1.79 bits per heavy atom. The number of allylic oxidation sites excluding steroid dienone is 1. The van der Waals surface area contributed by atoms with E-state index in [0.717, 1.165) is 11.3 Å². The lowest BCUT2D eigenvalue weighted by atomic mass is 10.0. The molecule has 70 valence electrons. The van der Waals surface area contributed by atoms with Gasteiger partial charge in [0.05, 0.1) is 5.71 Å². The van der Waals surface area contributed by atoms with Crippen LogP contribution < -0.4 is 16.2 Å². The van der Waals surface area contributed by atoms with Crippen molar-refractivity contribution in [3.05, 3.63) is 46.5 Å². The van der Waals surface area contributed by atoms with Crippen LogP contribution in [0, 0.1) is 0 Å². The Balaban J connectivity index is 2.78. The summed E-state index contributed by atoms with van der Waals surface area (Å²) in [4.78, 5) is 4.18. The summed E-state index contributed by atoms with van der Waals surface area (Å²) in [6.45, 7) is 0. The highest BCUT2D eigenvalue weighted by Crippen LogP contribution is 2.02. The number of benzene rings is 1. The van der Waals surface area contributed by atoms with Crippen LogP contribution in [0.5, 0.6) is 0 Å². The van der Waals surface area contributed by atoms with Crippen molar-refractivity contribution in [1.82, 2.24) is 0 Å². The molecule has 0 unspecified atom stereocenters. The van der Waals surface area contributed by atoms with Gasteiger partial charge in [-0.25, -0.2) is 0 Å². The van der Waals surface area contributed by atoms with Crippen LogP contribution in [0.3, 0.4) is 0 Å². The van der Waals surface area contributed by atoms with E-state index in [1.54, 1.807) is 13.2 Å². The van der Waals surface area contributed by atoms with Crippen molar-refractivity contribution in [3.63, 3.8) is 0 Å². The Labute approximate surface area is 82.8 Å². The summed E-state index contributed by atoms with van der Waals surface area (Å²) in [6, 6.07) is 8.19. The Morgan fingerprint density at radius 1 is 1.14 bits per heavy atom. The quantitative estimate of drug-likeness (QED) is 0.613. The normalized spacial score (nSPS) is 20.1. The summed E-state index contributed by atoms with van der Waals surface area (Å²) in [5, 5.41) is 2.38. The number of nitrogens with two attached hydrogens (primary N) is 1. The van der Waals surface area contributed by atoms with E-state index < -0.39 is 0 Å². The molecule has 1 aromatic rings. The zero-order valence-corrected chi connectivity index (χ0v) is 8.07. The molecule has 1 aliphatic carbocycles. The van der Waals surface area contributed by atoms with Gasteiger partial charge in [-0.1, -0.05) is 24.3 Å². The maximum atomic E-state index is 5.53. The van der Waals surface area contributed by atoms with Gasteiger partial charge in [0.1, 0.15) is 0 Å². The third kappa shape index (κ3) is 1.35. The minimum absolute atomic E-state index is 0.936. The number of rotatable bonds is 0. The van der Waals surface area contributed by atoms with E-state index in [0.29, 0.717) is 0 Å². The summed E-state index contributed by atoms with van der Waals surface area (Å²) in [5.41, 5.74) is 7.45. The Bertz CT molecular complexity index is 472. The van der Waals surface area contributed by atoms with Crippen LogP contribution >= 0.6 is 0 Å². The lowest BCUT2D eigenvalue weighted by Gasteiger charge is -2.06. The van der Waals surface area contributed by atoms with Gasteiger partial charge >= 0.3 is 0 Å². The van der Waals surface area contributed by atoms with Gasteiger partial charge in [-0.2, -0.15) is 0 Å². The van der Waals surface area contributed by atoms with Crippen molar-refractivity contribution in [2.75, 3.05) is 7.05 Å². The van der Waals surface area contributed by atoms with E-state index in [4.69, 9.17) is 5.73 Å². The maximum Gasteiger partial charge on any atom is 0.0663 e. The molecule has 1 aliphatic rings. The van der Waals surface area contributed by atoms with Crippen LogP contribution in [-0.4, -0.2) is 12.8 Å². The Hall–Kier alpha value is -1.83. The molecule has 0 atom stereocenters. The van der Waals surface area contributed by atoms with E-state index in [9.17, 15) is 0 Å². The van der Waals surface area contributed by atoms with Crippen molar-refractivity contribution in [2.24, 2.45) is 10.7 Å². The van der Waals surface area contributed by atoms with Crippen LogP contribution in [0.2, 0.25) is 0 Å². The summed E-state index contributed by atoms with van der Waals surface area (Å²) in [7, 11) is 1.77. The molecule has 0 amide bonds. The molecule has 2 nitrogen and oxygen atoms in total. The second-order valence-corrected chi connectivity index (χ2v) is 3.15. The topological polar surface area (TPSA) is 38.4 Å². The van der Waals surface area contributed by atoms with Crippen LogP contribution in [0.1, 0.15) is 0 Å². The molecule has 14 heavy (non-hydrogen) atoms. The van der Waals surface area contributed by atoms with E-state index in [2.05, 4.69) is 23.2 Å². The highest BCUT2D eigenvalue weighted by atomic mass is 14.7. The molecule has 0 saturated carbocycles. The van der Waals surface area contributed by atoms with Crippen LogP contribution in [0.15, 0.2) is 41.0 Å². The van der Waals surface area contributed by atoms with Gasteiger partial charge < -0.3 is 5.73 Å². The predicted molar refractivity (Wildman–Crippen MR) is 60.3 cm³/mol. The lowest BCUT2D eigenvalue weighted by molar-refractivity contribution is 1.42. The van der Waals surface area contributed by atoms with E-state index >= 15 is 0 Å². The molecule has 0 aliphatic heterocycles. The van der Waals surface area contributed by atoms with Crippen molar-refractivity contribution in [1.29, 1.82) is 0 Å². The van der Waals surface area contributed by atoms with Crippen LogP contribution in [-0.2, 0) is 0 Å². The third-order valence-corrected chi connectivity index (χ3v) is 2.32. The van der Waals surface area contributed by atoms with Gasteiger partial charge in [0.15, 0.2) is 0 Å². The molecular weight excluding hydrogens is 172 g/mol. The first-order chi connectivity index (χ1) is 6.85. The zero-order valence-electron chi connectivity index (χ0n) is 8.07. The summed E-state index contributed by atoms with van der Waals surface area (Å²) in [5.74, 6) is 0. The fourth-order valence-electron chi connectivity index (χ4n) is 1.57. The van der Waals surface area contributed by atoms with Crippen molar-refractivity contribution in [3.8, 4) is 0 Å². The molecule has 0 spiro atoms. The number of aliphatic imine (C=N–C) groups is 1. The average molecular weight is 184 g/mol. The zero-order chi connectivity index (χ0) is 9.97. The van der Waals surface area contributed by atoms with Crippen LogP contribution in [0.4, 0.5) is 0 Å². The lowest BCUT2D eigenvalue weighted by Crippen LogP contribution is -2.29. The third-order valence-electron chi connectivity index (χ3n) is 2.32. The fraction of sp³-hybridized carbons (Fsp3) is 0.0833. The van der Waals surface area contributed by atoms with Crippen molar-refractivity contribution >= 4 is 17.9 Å². The minimum atomic E-state index is 0.936. The first kappa shape index (κ1) is 8.75. The standard InChI is InChI=1S/C12H12N2/c1-14-12-7-10-5-3-2-4-9(10)6-11(12)8-13/h2-8H,13H2,1H3/b11-8-,14-12-. The summed E-state index contributed by atoms with van der Waals surface area (Å²) >= 11 is 0. The van der Waals surface area contributed by atoms with Crippen molar-refractivity contribution in [2.45, 2.75) is 0 Å². The second-order valence-electron chi connectivity index (χ2n) is 3.15. The number of fused-ring (bicyclic) bond motifs is 1. The highest BCUT2D eigenvalue weighted by Gasteiger charge is 2.04.